The smallest absolute Gasteiger partial charge is 0.382 e. The highest BCUT2D eigenvalue weighted by atomic mass is 35.5. The molecule has 0 radical (unpaired) electrons. The Morgan fingerprint density at radius 1 is 1.03 bits per heavy atom. The Morgan fingerprint density at radius 3 is 2.27 bits per heavy atom. The lowest BCUT2D eigenvalue weighted by Gasteiger charge is -2.35. The number of piperidine rings is 2. The number of rotatable bonds is 6. The van der Waals surface area contributed by atoms with Crippen LogP contribution in [0.3, 0.4) is 0 Å². The minimum absolute atomic E-state index is 0. The zero-order valence-electron chi connectivity index (χ0n) is 20.0. The van der Waals surface area contributed by atoms with Gasteiger partial charge in [0.1, 0.15) is 0 Å². The summed E-state index contributed by atoms with van der Waals surface area (Å²) in [5.41, 5.74) is 0.211. The minimum atomic E-state index is -4.58. The summed E-state index contributed by atoms with van der Waals surface area (Å²) in [5, 5.41) is 12.8. The van der Waals surface area contributed by atoms with E-state index in [1.165, 1.54) is 17.8 Å². The molecule has 0 unspecified atom stereocenters. The summed E-state index contributed by atoms with van der Waals surface area (Å²) in [6, 6.07) is 13.2. The van der Waals surface area contributed by atoms with Crippen molar-refractivity contribution in [2.24, 2.45) is 5.92 Å². The number of halogens is 4. The van der Waals surface area contributed by atoms with E-state index < -0.39 is 11.7 Å². The molecular weight excluding hydrogens is 501 g/mol. The van der Waals surface area contributed by atoms with Crippen LogP contribution < -0.4 is 10.2 Å². The van der Waals surface area contributed by atoms with Gasteiger partial charge in [-0.15, -0.1) is 0 Å². The molecule has 9 heteroatoms. The molecule has 0 aliphatic carbocycles. The summed E-state index contributed by atoms with van der Waals surface area (Å²) in [5.74, 6) is 0.697. The van der Waals surface area contributed by atoms with Crippen molar-refractivity contribution < 1.29 is 18.0 Å². The summed E-state index contributed by atoms with van der Waals surface area (Å²) in [6.07, 6.45) is 0.314. The topological polar surface area (TPSA) is 59.4 Å². The summed E-state index contributed by atoms with van der Waals surface area (Å²) in [7, 11) is 0. The van der Waals surface area contributed by atoms with Gasteiger partial charge in [-0.25, -0.2) is 0 Å². The second-order valence-electron chi connectivity index (χ2n) is 9.61. The standard InChI is InChI=1S/C27H30ClF3N4O.CH4/c28-21-3-6-24(7-4-21)34-13-9-19(10-14-34)1-8-26(36)35-15-11-22(12-16-35)33-23-5-2-20(18-32)25(17-23)27(29,30)31;/h2-7,17,19,22,33H,1,8-16H2;1H4. The first-order valence-electron chi connectivity index (χ1n) is 12.4. The lowest BCUT2D eigenvalue weighted by atomic mass is 9.91. The van der Waals surface area contributed by atoms with Gasteiger partial charge >= 0.3 is 6.18 Å². The molecule has 2 aliphatic heterocycles. The van der Waals surface area contributed by atoms with Crippen molar-refractivity contribution in [1.82, 2.24) is 4.90 Å². The van der Waals surface area contributed by atoms with E-state index in [4.69, 9.17) is 16.9 Å². The Balaban J connectivity index is 0.00000380. The third-order valence-electron chi connectivity index (χ3n) is 7.24. The summed E-state index contributed by atoms with van der Waals surface area (Å²) in [4.78, 5) is 17.0. The predicted octanol–water partition coefficient (Wildman–Crippen LogP) is 6.97. The normalized spacial score (nSPS) is 17.2. The van der Waals surface area contributed by atoms with E-state index in [2.05, 4.69) is 10.2 Å². The largest absolute Gasteiger partial charge is 0.417 e. The number of hydrogen-bond donors (Lipinski definition) is 1. The third kappa shape index (κ3) is 7.54. The van der Waals surface area contributed by atoms with Crippen LogP contribution in [0, 0.1) is 17.2 Å². The van der Waals surface area contributed by atoms with Gasteiger partial charge in [-0.2, -0.15) is 18.4 Å². The molecule has 1 N–H and O–H groups in total. The van der Waals surface area contributed by atoms with Crippen LogP contribution in [0.15, 0.2) is 42.5 Å². The van der Waals surface area contributed by atoms with Gasteiger partial charge in [0.05, 0.1) is 17.2 Å². The van der Waals surface area contributed by atoms with E-state index in [9.17, 15) is 18.0 Å². The first-order valence-corrected chi connectivity index (χ1v) is 12.8. The molecule has 37 heavy (non-hydrogen) atoms. The van der Waals surface area contributed by atoms with Crippen molar-refractivity contribution in [2.75, 3.05) is 36.4 Å². The van der Waals surface area contributed by atoms with Crippen molar-refractivity contribution in [3.63, 3.8) is 0 Å². The summed E-state index contributed by atoms with van der Waals surface area (Å²) < 4.78 is 39.7. The first kappa shape index (κ1) is 28.6. The number of benzene rings is 2. The fourth-order valence-electron chi connectivity index (χ4n) is 5.09. The highest BCUT2D eigenvalue weighted by molar-refractivity contribution is 6.30. The zero-order chi connectivity index (χ0) is 25.7. The second kappa shape index (κ2) is 12.6. The van der Waals surface area contributed by atoms with E-state index >= 15 is 0 Å². The number of nitrogens with zero attached hydrogens (tertiary/aromatic N) is 3. The number of likely N-dealkylation sites (tertiary alicyclic amines) is 1. The van der Waals surface area contributed by atoms with Crippen molar-refractivity contribution in [3.05, 3.63) is 58.6 Å². The zero-order valence-corrected chi connectivity index (χ0v) is 20.8. The molecule has 0 spiro atoms. The van der Waals surface area contributed by atoms with Crippen LogP contribution in [0.1, 0.15) is 57.1 Å². The van der Waals surface area contributed by atoms with E-state index in [0.29, 0.717) is 44.0 Å². The van der Waals surface area contributed by atoms with Gasteiger partial charge in [0.25, 0.3) is 0 Å². The Hall–Kier alpha value is -2.92. The molecule has 4 rings (SSSR count). The molecule has 2 heterocycles. The number of amides is 1. The second-order valence-corrected chi connectivity index (χ2v) is 10.1. The van der Waals surface area contributed by atoms with E-state index in [0.717, 1.165) is 43.4 Å². The molecule has 200 valence electrons. The maximum absolute atomic E-state index is 13.2. The molecule has 5 nitrogen and oxygen atoms in total. The molecule has 2 saturated heterocycles. The average Bonchev–Trinajstić information content (AvgIpc) is 2.88. The van der Waals surface area contributed by atoms with E-state index in [1.54, 1.807) is 6.07 Å². The number of carbonyl (C=O) groups is 1. The van der Waals surface area contributed by atoms with Crippen LogP contribution in [-0.2, 0) is 11.0 Å². The fraction of sp³-hybridized carbons (Fsp3) is 0.500. The lowest BCUT2D eigenvalue weighted by Crippen LogP contribution is -2.42. The Kier molecular flexibility index (Phi) is 9.72. The first-order chi connectivity index (χ1) is 17.2. The van der Waals surface area contributed by atoms with Gasteiger partial charge in [-0.1, -0.05) is 19.0 Å². The van der Waals surface area contributed by atoms with Gasteiger partial charge < -0.3 is 15.1 Å². The molecule has 0 aromatic heterocycles. The Morgan fingerprint density at radius 2 is 1.68 bits per heavy atom. The minimum Gasteiger partial charge on any atom is -0.382 e. The fourth-order valence-corrected chi connectivity index (χ4v) is 5.22. The SMILES string of the molecule is C.N#Cc1ccc(NC2CCN(C(=O)CCC3CCN(c4ccc(Cl)cc4)CC3)CC2)cc1C(F)(F)F. The molecule has 0 atom stereocenters. The quantitative estimate of drug-likeness (QED) is 0.435. The maximum atomic E-state index is 13.2. The van der Waals surface area contributed by atoms with Crippen LogP contribution >= 0.6 is 11.6 Å². The summed E-state index contributed by atoms with van der Waals surface area (Å²) >= 11 is 5.98. The van der Waals surface area contributed by atoms with Gasteiger partial charge in [0.2, 0.25) is 5.91 Å². The number of nitrogens with one attached hydrogen (secondary N) is 1. The molecular formula is C28H34ClF3N4O. The molecule has 2 aliphatic rings. The number of hydrogen-bond acceptors (Lipinski definition) is 4. The highest BCUT2D eigenvalue weighted by Gasteiger charge is 2.34. The maximum Gasteiger partial charge on any atom is 0.417 e. The van der Waals surface area contributed by atoms with Crippen LogP contribution in [0.5, 0.6) is 0 Å². The number of alkyl halides is 3. The van der Waals surface area contributed by atoms with Crippen molar-refractivity contribution in [1.29, 1.82) is 5.26 Å². The molecule has 0 bridgehead atoms. The van der Waals surface area contributed by atoms with Crippen LogP contribution in [0.25, 0.3) is 0 Å². The third-order valence-corrected chi connectivity index (χ3v) is 7.49. The number of carbonyl (C=O) groups excluding carboxylic acids is 1. The van der Waals surface area contributed by atoms with Crippen molar-refractivity contribution >= 4 is 28.9 Å². The van der Waals surface area contributed by atoms with Crippen LogP contribution in [-0.4, -0.2) is 43.0 Å². The van der Waals surface area contributed by atoms with Gasteiger partial charge in [-0.05, 0) is 80.5 Å². The molecule has 2 aromatic rings. The monoisotopic (exact) mass is 534 g/mol. The molecule has 2 fully saturated rings. The van der Waals surface area contributed by atoms with Gasteiger partial charge in [-0.3, -0.25) is 4.79 Å². The van der Waals surface area contributed by atoms with E-state index in [1.807, 2.05) is 29.2 Å². The van der Waals surface area contributed by atoms with Gasteiger partial charge in [0, 0.05) is 55.0 Å². The average molecular weight is 535 g/mol. The number of anilines is 2. The molecule has 0 saturated carbocycles. The highest BCUT2D eigenvalue weighted by Crippen LogP contribution is 2.34. The lowest BCUT2D eigenvalue weighted by molar-refractivity contribution is -0.137. The van der Waals surface area contributed by atoms with Crippen LogP contribution in [0.2, 0.25) is 5.02 Å². The van der Waals surface area contributed by atoms with Crippen LogP contribution in [0.4, 0.5) is 24.5 Å². The Labute approximate surface area is 222 Å². The molecule has 1 amide bonds. The molecule has 2 aromatic carbocycles. The van der Waals surface area contributed by atoms with E-state index in [-0.39, 0.29) is 24.9 Å². The summed E-state index contributed by atoms with van der Waals surface area (Å²) in [6.45, 7) is 3.13. The Bertz CT molecular complexity index is 1080. The van der Waals surface area contributed by atoms with Gasteiger partial charge in [0.15, 0.2) is 0 Å². The van der Waals surface area contributed by atoms with Crippen molar-refractivity contribution in [2.45, 2.75) is 58.2 Å². The van der Waals surface area contributed by atoms with Crippen molar-refractivity contribution in [3.8, 4) is 6.07 Å². The number of nitriles is 1. The predicted molar refractivity (Wildman–Crippen MR) is 142 cm³/mol.